The minimum absolute atomic E-state index is 0.00739. The van der Waals surface area contributed by atoms with Crippen molar-refractivity contribution in [3.8, 4) is 17.2 Å². The van der Waals surface area contributed by atoms with E-state index in [1.807, 2.05) is 24.3 Å². The number of methoxy groups -OCH3 is 1. The number of aromatic amines is 1. The highest BCUT2D eigenvalue weighted by atomic mass is 32.1. The first-order chi connectivity index (χ1) is 18.4. The lowest BCUT2D eigenvalue weighted by atomic mass is 10.0. The standard InChI is InChI=1S/C25H22N6O6S/c1-35-18-8-12(6-14-10-36-11-37-20(14)18)19(28-15-2-3-16-13(7-15)9-27-22(16)26)23-29-25(34)31(30-23)17-4-5-38-21(17)24(32)33/h2-8,19,28H,9-11H2,1H3,(H2,26,27)(H,32,33)(H,29,30,34). The fraction of sp³-hybridized carbons (Fsp3) is 0.200. The summed E-state index contributed by atoms with van der Waals surface area (Å²) < 4.78 is 17.8. The second-order valence-corrected chi connectivity index (χ2v) is 9.58. The third-order valence-corrected chi connectivity index (χ3v) is 7.26. The summed E-state index contributed by atoms with van der Waals surface area (Å²) in [5, 5.41) is 30.1. The largest absolute Gasteiger partial charge is 0.493 e. The van der Waals surface area contributed by atoms with Crippen molar-refractivity contribution in [2.75, 3.05) is 19.2 Å². The lowest BCUT2D eigenvalue weighted by molar-refractivity contribution is -0.0180. The van der Waals surface area contributed by atoms with E-state index >= 15 is 0 Å². The highest BCUT2D eigenvalue weighted by molar-refractivity contribution is 7.12. The molecule has 0 aliphatic carbocycles. The molecule has 0 fully saturated rings. The molecule has 2 aliphatic heterocycles. The Balaban J connectivity index is 1.47. The number of aromatic nitrogens is 3. The normalized spacial score (nSPS) is 14.7. The van der Waals surface area contributed by atoms with Crippen molar-refractivity contribution in [2.24, 2.45) is 0 Å². The summed E-state index contributed by atoms with van der Waals surface area (Å²) >= 11 is 1.01. The maximum absolute atomic E-state index is 13.0. The van der Waals surface area contributed by atoms with Crippen molar-refractivity contribution in [2.45, 2.75) is 19.2 Å². The fourth-order valence-electron chi connectivity index (χ4n) is 4.62. The zero-order valence-electron chi connectivity index (χ0n) is 20.0. The summed E-state index contributed by atoms with van der Waals surface area (Å²) in [6.07, 6.45) is 0. The molecule has 12 nitrogen and oxygen atoms in total. The number of benzene rings is 2. The average molecular weight is 535 g/mol. The van der Waals surface area contributed by atoms with Crippen molar-refractivity contribution in [1.29, 1.82) is 5.41 Å². The lowest BCUT2D eigenvalue weighted by Gasteiger charge is -2.24. The number of carbonyl (C=O) groups is 1. The summed E-state index contributed by atoms with van der Waals surface area (Å²) in [6, 6.07) is 10.2. The molecule has 1 atom stereocenters. The number of nitrogens with one attached hydrogen (secondary N) is 4. The summed E-state index contributed by atoms with van der Waals surface area (Å²) in [4.78, 5) is 27.5. The first kappa shape index (κ1) is 23.8. The van der Waals surface area contributed by atoms with Gasteiger partial charge in [0.1, 0.15) is 16.8 Å². The van der Waals surface area contributed by atoms with Crippen LogP contribution in [0.4, 0.5) is 5.69 Å². The number of thiophene rings is 1. The highest BCUT2D eigenvalue weighted by Crippen LogP contribution is 2.39. The molecule has 0 radical (unpaired) electrons. The molecule has 2 aromatic carbocycles. The van der Waals surface area contributed by atoms with Crippen molar-refractivity contribution >= 4 is 28.8 Å². The van der Waals surface area contributed by atoms with Crippen LogP contribution in [0.5, 0.6) is 11.5 Å². The molecule has 2 aliphatic rings. The van der Waals surface area contributed by atoms with Gasteiger partial charge >= 0.3 is 11.7 Å². The molecule has 0 saturated heterocycles. The Morgan fingerprint density at radius 3 is 2.97 bits per heavy atom. The fourth-order valence-corrected chi connectivity index (χ4v) is 5.33. The first-order valence-corrected chi connectivity index (χ1v) is 12.4. The van der Waals surface area contributed by atoms with Crippen LogP contribution in [0.15, 0.2) is 46.6 Å². The van der Waals surface area contributed by atoms with Gasteiger partial charge in [0.15, 0.2) is 24.1 Å². The van der Waals surface area contributed by atoms with Crippen LogP contribution in [0.2, 0.25) is 0 Å². The number of nitrogens with zero attached hydrogens (tertiary/aromatic N) is 2. The topological polar surface area (TPSA) is 164 Å². The molecule has 4 aromatic rings. The van der Waals surface area contributed by atoms with Crippen LogP contribution in [0, 0.1) is 5.41 Å². The summed E-state index contributed by atoms with van der Waals surface area (Å²) in [5.41, 5.74) is 3.63. The molecule has 6 rings (SSSR count). The number of carboxylic acids is 1. The number of fused-ring (bicyclic) bond motifs is 2. The molecule has 0 spiro atoms. The predicted octanol–water partition coefficient (Wildman–Crippen LogP) is 2.83. The van der Waals surface area contributed by atoms with E-state index < -0.39 is 17.7 Å². The van der Waals surface area contributed by atoms with Crippen LogP contribution in [-0.2, 0) is 17.9 Å². The van der Waals surface area contributed by atoms with Crippen LogP contribution < -0.4 is 25.8 Å². The first-order valence-electron chi connectivity index (χ1n) is 11.6. The summed E-state index contributed by atoms with van der Waals surface area (Å²) in [7, 11) is 1.55. The number of carboxylic acid groups (broad SMARTS) is 1. The molecule has 0 amide bonds. The number of H-pyrrole nitrogens is 1. The molecule has 38 heavy (non-hydrogen) atoms. The van der Waals surface area contributed by atoms with Gasteiger partial charge in [0, 0.05) is 23.4 Å². The van der Waals surface area contributed by atoms with Gasteiger partial charge < -0.3 is 30.0 Å². The highest BCUT2D eigenvalue weighted by Gasteiger charge is 2.27. The molecular weight excluding hydrogens is 512 g/mol. The van der Waals surface area contributed by atoms with Crippen molar-refractivity contribution in [3.05, 3.63) is 85.2 Å². The number of ether oxygens (including phenoxy) is 3. The Kier molecular flexibility index (Phi) is 5.85. The van der Waals surface area contributed by atoms with E-state index in [1.54, 1.807) is 24.6 Å². The van der Waals surface area contributed by atoms with E-state index in [1.165, 1.54) is 0 Å². The molecule has 1 unspecified atom stereocenters. The minimum atomic E-state index is -1.14. The number of rotatable bonds is 7. The van der Waals surface area contributed by atoms with Gasteiger partial charge in [-0.25, -0.2) is 9.59 Å². The zero-order valence-corrected chi connectivity index (χ0v) is 20.8. The second-order valence-electron chi connectivity index (χ2n) is 8.67. The Morgan fingerprint density at radius 2 is 2.16 bits per heavy atom. The Morgan fingerprint density at radius 1 is 1.29 bits per heavy atom. The summed E-state index contributed by atoms with van der Waals surface area (Å²) in [5.74, 6) is 0.593. The molecule has 13 heteroatoms. The Bertz CT molecular complexity index is 1620. The van der Waals surface area contributed by atoms with Crippen molar-refractivity contribution < 1.29 is 24.1 Å². The van der Waals surface area contributed by atoms with Gasteiger partial charge in [0.25, 0.3) is 0 Å². The molecular formula is C25H22N6O6S. The number of amidine groups is 1. The van der Waals surface area contributed by atoms with Gasteiger partial charge in [-0.2, -0.15) is 4.68 Å². The minimum Gasteiger partial charge on any atom is -0.493 e. The summed E-state index contributed by atoms with van der Waals surface area (Å²) in [6.45, 7) is 0.977. The van der Waals surface area contributed by atoms with Crippen LogP contribution in [0.25, 0.3) is 5.69 Å². The van der Waals surface area contributed by atoms with Crippen molar-refractivity contribution in [1.82, 2.24) is 20.1 Å². The predicted molar refractivity (Wildman–Crippen MR) is 138 cm³/mol. The van der Waals surface area contributed by atoms with Crippen LogP contribution >= 0.6 is 11.3 Å². The lowest BCUT2D eigenvalue weighted by Crippen LogP contribution is -2.18. The smallest absolute Gasteiger partial charge is 0.348 e. The van der Waals surface area contributed by atoms with E-state index in [0.717, 1.165) is 38.4 Å². The number of hydrogen-bond donors (Lipinski definition) is 5. The van der Waals surface area contributed by atoms with E-state index in [2.05, 4.69) is 20.7 Å². The van der Waals surface area contributed by atoms with Gasteiger partial charge in [-0.3, -0.25) is 10.4 Å². The third kappa shape index (κ3) is 4.07. The van der Waals surface area contributed by atoms with Crippen LogP contribution in [-0.4, -0.2) is 45.6 Å². The second kappa shape index (κ2) is 9.36. The molecule has 2 aromatic heterocycles. The van der Waals surface area contributed by atoms with E-state index in [-0.39, 0.29) is 23.2 Å². The third-order valence-electron chi connectivity index (χ3n) is 6.37. The number of aromatic carboxylic acids is 1. The average Bonchev–Trinajstić information content (AvgIpc) is 3.65. The maximum atomic E-state index is 13.0. The zero-order chi connectivity index (χ0) is 26.4. The maximum Gasteiger partial charge on any atom is 0.348 e. The van der Waals surface area contributed by atoms with Gasteiger partial charge in [0.05, 0.1) is 19.4 Å². The number of anilines is 1. The molecule has 0 saturated carbocycles. The molecule has 194 valence electrons. The SMILES string of the molecule is COc1cc(C(Nc2ccc3c(c2)CNC3=N)c2nn(-c3ccsc3C(=O)O)c(=O)[nH]2)cc2c1OCOC2. The van der Waals surface area contributed by atoms with Crippen LogP contribution in [0.3, 0.4) is 0 Å². The molecule has 4 heterocycles. The number of hydrogen-bond acceptors (Lipinski definition) is 9. The van der Waals surface area contributed by atoms with E-state index in [9.17, 15) is 14.7 Å². The van der Waals surface area contributed by atoms with Gasteiger partial charge in [0.2, 0.25) is 0 Å². The van der Waals surface area contributed by atoms with Gasteiger partial charge in [-0.1, -0.05) is 0 Å². The monoisotopic (exact) mass is 534 g/mol. The Hall–Kier alpha value is -4.62. The van der Waals surface area contributed by atoms with Crippen molar-refractivity contribution in [3.63, 3.8) is 0 Å². The van der Waals surface area contributed by atoms with E-state index in [0.29, 0.717) is 36.0 Å². The van der Waals surface area contributed by atoms with Gasteiger partial charge in [-0.15, -0.1) is 16.4 Å². The molecule has 0 bridgehead atoms. The van der Waals surface area contributed by atoms with Crippen LogP contribution in [0.1, 0.15) is 43.8 Å². The Labute approximate surface area is 219 Å². The van der Waals surface area contributed by atoms with Gasteiger partial charge in [-0.05, 0) is 52.9 Å². The quantitative estimate of drug-likeness (QED) is 0.240. The van der Waals surface area contributed by atoms with E-state index in [4.69, 9.17) is 19.6 Å². The molecule has 5 N–H and O–H groups in total.